The van der Waals surface area contributed by atoms with Crippen LogP contribution in [-0.4, -0.2) is 29.6 Å². The van der Waals surface area contributed by atoms with Crippen molar-refractivity contribution in [2.75, 3.05) is 29.6 Å². The van der Waals surface area contributed by atoms with E-state index in [1.165, 1.54) is 6.07 Å². The highest BCUT2D eigenvalue weighted by Gasteiger charge is 2.07. The molecule has 4 nitrogen and oxygen atoms in total. The Bertz CT molecular complexity index is 355. The molecule has 0 saturated heterocycles. The van der Waals surface area contributed by atoms with Gasteiger partial charge in [0.2, 0.25) is 0 Å². The summed E-state index contributed by atoms with van der Waals surface area (Å²) in [6.45, 7) is 0.840. The molecule has 4 N–H and O–H groups in total. The Morgan fingerprint density at radius 3 is 2.87 bits per heavy atom. The highest BCUT2D eigenvalue weighted by molar-refractivity contribution is 7.98. The summed E-state index contributed by atoms with van der Waals surface area (Å²) in [6.07, 6.45) is 2.03. The van der Waals surface area contributed by atoms with Crippen LogP contribution in [0.15, 0.2) is 18.2 Å². The summed E-state index contributed by atoms with van der Waals surface area (Å²) in [6, 6.07) is 4.88. The number of hydrogen-bond donors (Lipinski definition) is 3. The standard InChI is InChI=1S/C10H14N2O2S/c1-15-5-4-12-7-2-3-8(10(13)14)9(11)6-7/h2-3,6,12H,4-5,11H2,1H3,(H,13,14). The third-order valence-electron chi connectivity index (χ3n) is 1.92. The number of thioether (sulfide) groups is 1. The zero-order chi connectivity index (χ0) is 11.3. The molecule has 0 aliphatic heterocycles. The lowest BCUT2D eigenvalue weighted by molar-refractivity contribution is 0.0698. The topological polar surface area (TPSA) is 75.3 Å². The van der Waals surface area contributed by atoms with Crippen molar-refractivity contribution < 1.29 is 9.90 Å². The van der Waals surface area contributed by atoms with E-state index in [-0.39, 0.29) is 11.3 Å². The van der Waals surface area contributed by atoms with Crippen molar-refractivity contribution in [1.29, 1.82) is 0 Å². The van der Waals surface area contributed by atoms with Crippen molar-refractivity contribution >= 4 is 29.1 Å². The van der Waals surface area contributed by atoms with Crippen LogP contribution in [0, 0.1) is 0 Å². The first-order valence-corrected chi connectivity index (χ1v) is 5.90. The lowest BCUT2D eigenvalue weighted by atomic mass is 10.1. The number of carboxylic acids is 1. The zero-order valence-electron chi connectivity index (χ0n) is 8.49. The van der Waals surface area contributed by atoms with Crippen LogP contribution < -0.4 is 11.1 Å². The lowest BCUT2D eigenvalue weighted by Gasteiger charge is -2.07. The van der Waals surface area contributed by atoms with Crippen molar-refractivity contribution in [2.45, 2.75) is 0 Å². The average molecular weight is 226 g/mol. The van der Waals surface area contributed by atoms with E-state index in [0.717, 1.165) is 18.0 Å². The third-order valence-corrected chi connectivity index (χ3v) is 2.53. The van der Waals surface area contributed by atoms with Gasteiger partial charge >= 0.3 is 5.97 Å². The van der Waals surface area contributed by atoms with Gasteiger partial charge < -0.3 is 16.2 Å². The second-order valence-electron chi connectivity index (χ2n) is 3.03. The molecule has 0 radical (unpaired) electrons. The first kappa shape index (κ1) is 11.7. The first-order valence-electron chi connectivity index (χ1n) is 4.50. The fourth-order valence-electron chi connectivity index (χ4n) is 1.16. The van der Waals surface area contributed by atoms with Gasteiger partial charge in [-0.3, -0.25) is 0 Å². The maximum absolute atomic E-state index is 10.7. The van der Waals surface area contributed by atoms with Crippen molar-refractivity contribution in [3.05, 3.63) is 23.8 Å². The number of nitrogens with one attached hydrogen (secondary N) is 1. The number of anilines is 2. The van der Waals surface area contributed by atoms with Gasteiger partial charge in [-0.1, -0.05) is 0 Å². The summed E-state index contributed by atoms with van der Waals surface area (Å²) in [4.78, 5) is 10.7. The van der Waals surface area contributed by atoms with Gasteiger partial charge in [-0.25, -0.2) is 4.79 Å². The van der Waals surface area contributed by atoms with Gasteiger partial charge in [0.05, 0.1) is 5.56 Å². The number of rotatable bonds is 5. The van der Waals surface area contributed by atoms with Gasteiger partial charge in [0.1, 0.15) is 0 Å². The summed E-state index contributed by atoms with van der Waals surface area (Å²) in [5.74, 6) is 0.00351. The number of carboxylic acid groups (broad SMARTS) is 1. The van der Waals surface area contributed by atoms with Crippen LogP contribution in [0.1, 0.15) is 10.4 Å². The van der Waals surface area contributed by atoms with Gasteiger partial charge in [-0.15, -0.1) is 0 Å². The number of carbonyl (C=O) groups is 1. The van der Waals surface area contributed by atoms with Gasteiger partial charge in [-0.05, 0) is 24.5 Å². The van der Waals surface area contributed by atoms with Crippen LogP contribution in [0.4, 0.5) is 11.4 Å². The number of benzene rings is 1. The number of nitrogen functional groups attached to an aromatic ring is 1. The van der Waals surface area contributed by atoms with E-state index in [1.807, 2.05) is 6.26 Å². The molecule has 0 bridgehead atoms. The van der Waals surface area contributed by atoms with Crippen LogP contribution in [0.2, 0.25) is 0 Å². The maximum atomic E-state index is 10.7. The van der Waals surface area contributed by atoms with Crippen molar-refractivity contribution in [1.82, 2.24) is 0 Å². The largest absolute Gasteiger partial charge is 0.478 e. The minimum Gasteiger partial charge on any atom is -0.478 e. The predicted octanol–water partition coefficient (Wildman–Crippen LogP) is 1.74. The van der Waals surface area contributed by atoms with Crippen LogP contribution in [0.3, 0.4) is 0 Å². The smallest absolute Gasteiger partial charge is 0.337 e. The molecule has 15 heavy (non-hydrogen) atoms. The number of aromatic carboxylic acids is 1. The van der Waals surface area contributed by atoms with E-state index >= 15 is 0 Å². The Labute approximate surface area is 92.9 Å². The van der Waals surface area contributed by atoms with Gasteiger partial charge in [-0.2, -0.15) is 11.8 Å². The third kappa shape index (κ3) is 3.36. The molecular weight excluding hydrogens is 212 g/mol. The summed E-state index contributed by atoms with van der Waals surface area (Å²) in [7, 11) is 0. The Hall–Kier alpha value is -1.36. The second-order valence-corrected chi connectivity index (χ2v) is 4.01. The molecule has 0 fully saturated rings. The molecule has 0 aliphatic carbocycles. The van der Waals surface area contributed by atoms with Gasteiger partial charge in [0.25, 0.3) is 0 Å². The van der Waals surface area contributed by atoms with Crippen LogP contribution in [0.5, 0.6) is 0 Å². The molecular formula is C10H14N2O2S. The average Bonchev–Trinajstić information content (AvgIpc) is 2.17. The SMILES string of the molecule is CSCCNc1ccc(C(=O)O)c(N)c1. The van der Waals surface area contributed by atoms with Crippen molar-refractivity contribution in [2.24, 2.45) is 0 Å². The first-order chi connectivity index (χ1) is 7.15. The summed E-state index contributed by atoms with van der Waals surface area (Å²) < 4.78 is 0. The predicted molar refractivity (Wildman–Crippen MR) is 64.7 cm³/mol. The van der Waals surface area contributed by atoms with Gasteiger partial charge in [0.15, 0.2) is 0 Å². The fourth-order valence-corrected chi connectivity index (χ4v) is 1.47. The zero-order valence-corrected chi connectivity index (χ0v) is 9.30. The highest BCUT2D eigenvalue weighted by atomic mass is 32.2. The molecule has 1 aromatic rings. The van der Waals surface area contributed by atoms with Gasteiger partial charge in [0, 0.05) is 23.7 Å². The van der Waals surface area contributed by atoms with E-state index < -0.39 is 5.97 Å². The Morgan fingerprint density at radius 2 is 2.33 bits per heavy atom. The van der Waals surface area contributed by atoms with Crippen molar-refractivity contribution in [3.8, 4) is 0 Å². The minimum atomic E-state index is -0.997. The normalized spacial score (nSPS) is 9.93. The monoisotopic (exact) mass is 226 g/mol. The molecule has 0 aromatic heterocycles. The van der Waals surface area contributed by atoms with E-state index in [2.05, 4.69) is 5.32 Å². The van der Waals surface area contributed by atoms with E-state index in [9.17, 15) is 4.79 Å². The highest BCUT2D eigenvalue weighted by Crippen LogP contribution is 2.17. The maximum Gasteiger partial charge on any atom is 0.337 e. The van der Waals surface area contributed by atoms with Crippen LogP contribution >= 0.6 is 11.8 Å². The van der Waals surface area contributed by atoms with E-state index in [1.54, 1.807) is 23.9 Å². The number of hydrogen-bond acceptors (Lipinski definition) is 4. The van der Waals surface area contributed by atoms with E-state index in [0.29, 0.717) is 0 Å². The van der Waals surface area contributed by atoms with E-state index in [4.69, 9.17) is 10.8 Å². The molecule has 0 aliphatic rings. The number of nitrogens with two attached hydrogens (primary N) is 1. The molecule has 0 unspecified atom stereocenters. The molecule has 82 valence electrons. The second kappa shape index (κ2) is 5.50. The lowest BCUT2D eigenvalue weighted by Crippen LogP contribution is -2.06. The fraction of sp³-hybridized carbons (Fsp3) is 0.300. The molecule has 1 rings (SSSR count). The molecule has 0 saturated carbocycles. The molecule has 5 heteroatoms. The minimum absolute atomic E-state index is 0.144. The molecule has 0 spiro atoms. The molecule has 1 aromatic carbocycles. The Morgan fingerprint density at radius 1 is 1.60 bits per heavy atom. The summed E-state index contributed by atoms with van der Waals surface area (Å²) in [5.41, 5.74) is 6.89. The Balaban J connectivity index is 2.69. The van der Waals surface area contributed by atoms with Crippen molar-refractivity contribution in [3.63, 3.8) is 0 Å². The quantitative estimate of drug-likeness (QED) is 0.526. The Kier molecular flexibility index (Phi) is 4.30. The molecule has 0 heterocycles. The molecule has 0 amide bonds. The van der Waals surface area contributed by atoms with Crippen LogP contribution in [0.25, 0.3) is 0 Å². The molecule has 0 atom stereocenters. The summed E-state index contributed by atoms with van der Waals surface area (Å²) in [5, 5.41) is 11.9. The van der Waals surface area contributed by atoms with Crippen LogP contribution in [-0.2, 0) is 0 Å². The summed E-state index contributed by atoms with van der Waals surface area (Å²) >= 11 is 1.75.